The molecule has 0 radical (unpaired) electrons. The summed E-state index contributed by atoms with van der Waals surface area (Å²) in [6.07, 6.45) is 0. The third-order valence-electron chi connectivity index (χ3n) is 5.36. The molecule has 8 nitrogen and oxygen atoms in total. The average molecular weight is 515 g/mol. The number of nitrogens with one attached hydrogen (secondary N) is 2. The number of hydrogen-bond donors (Lipinski definition) is 2. The van der Waals surface area contributed by atoms with Gasteiger partial charge in [-0.3, -0.25) is 19.7 Å². The van der Waals surface area contributed by atoms with E-state index in [1.54, 1.807) is 24.3 Å². The summed E-state index contributed by atoms with van der Waals surface area (Å²) in [6, 6.07) is 24.8. The van der Waals surface area contributed by atoms with Gasteiger partial charge in [-0.25, -0.2) is 4.98 Å². The Bertz CT molecular complexity index is 1630. The van der Waals surface area contributed by atoms with Gasteiger partial charge in [0.25, 0.3) is 11.6 Å². The van der Waals surface area contributed by atoms with Gasteiger partial charge < -0.3 is 10.6 Å². The lowest BCUT2D eigenvalue weighted by Crippen LogP contribution is -2.15. The number of fused-ring (bicyclic) bond motifs is 2. The Hall–Kier alpha value is -4.28. The van der Waals surface area contributed by atoms with E-state index in [0.717, 1.165) is 21.0 Å². The predicted octanol–water partition coefficient (Wildman–Crippen LogP) is 6.34. The topological polar surface area (TPSA) is 114 Å². The van der Waals surface area contributed by atoms with Gasteiger partial charge >= 0.3 is 0 Å². The summed E-state index contributed by atoms with van der Waals surface area (Å²) in [5, 5.41) is 18.5. The first-order valence-corrected chi connectivity index (χ1v) is 12.6. The summed E-state index contributed by atoms with van der Waals surface area (Å²) in [5.41, 5.74) is 2.00. The van der Waals surface area contributed by atoms with Gasteiger partial charge in [-0.15, -0.1) is 11.3 Å². The summed E-state index contributed by atoms with van der Waals surface area (Å²) >= 11 is 2.65. The van der Waals surface area contributed by atoms with Crippen molar-refractivity contribution in [1.29, 1.82) is 0 Å². The number of nitro groups is 1. The number of anilines is 2. The standard InChI is InChI=1S/C26H18N4O4S2/c31-24(28-20-10-3-4-11-22(20)30(33)34)15-35-26-29-21-13-12-17(14-23(21)36-26)27-25(32)19-9-5-7-16-6-1-2-8-18(16)19/h1-14H,15H2,(H,27,32)(H,28,31). The molecule has 178 valence electrons. The van der Waals surface area contributed by atoms with Gasteiger partial charge in [0.2, 0.25) is 5.91 Å². The van der Waals surface area contributed by atoms with Gasteiger partial charge in [-0.2, -0.15) is 0 Å². The third kappa shape index (κ3) is 5.04. The van der Waals surface area contributed by atoms with Crippen LogP contribution in [0.1, 0.15) is 10.4 Å². The Morgan fingerprint density at radius 3 is 2.58 bits per heavy atom. The van der Waals surface area contributed by atoms with E-state index in [1.165, 1.54) is 35.2 Å². The molecule has 0 aliphatic heterocycles. The fourth-order valence-corrected chi connectivity index (χ4v) is 5.62. The van der Waals surface area contributed by atoms with Crippen molar-refractivity contribution in [3.8, 4) is 0 Å². The maximum absolute atomic E-state index is 12.9. The zero-order valence-corrected chi connectivity index (χ0v) is 20.3. The number of aromatic nitrogens is 1. The molecule has 10 heteroatoms. The quantitative estimate of drug-likeness (QED) is 0.149. The van der Waals surface area contributed by atoms with Crippen LogP contribution in [-0.2, 0) is 4.79 Å². The number of thiazole rings is 1. The minimum absolute atomic E-state index is 0.0521. The Labute approximate surface area is 213 Å². The van der Waals surface area contributed by atoms with Gasteiger partial charge in [0, 0.05) is 17.3 Å². The number of para-hydroxylation sites is 2. The van der Waals surface area contributed by atoms with Crippen molar-refractivity contribution in [2.75, 3.05) is 16.4 Å². The summed E-state index contributed by atoms with van der Waals surface area (Å²) in [5.74, 6) is -0.509. The molecule has 0 fully saturated rings. The molecule has 2 amide bonds. The van der Waals surface area contributed by atoms with Crippen LogP contribution in [0.25, 0.3) is 21.0 Å². The molecule has 0 atom stereocenters. The van der Waals surface area contributed by atoms with E-state index in [1.807, 2.05) is 48.5 Å². The molecule has 0 spiro atoms. The smallest absolute Gasteiger partial charge is 0.292 e. The molecular weight excluding hydrogens is 496 g/mol. The van der Waals surface area contributed by atoms with Crippen LogP contribution in [0.15, 0.2) is 89.3 Å². The summed E-state index contributed by atoms with van der Waals surface area (Å²) < 4.78 is 1.55. The van der Waals surface area contributed by atoms with Crippen LogP contribution >= 0.6 is 23.1 Å². The number of benzene rings is 4. The van der Waals surface area contributed by atoms with Gasteiger partial charge in [-0.1, -0.05) is 60.3 Å². The molecule has 5 aromatic rings. The monoisotopic (exact) mass is 514 g/mol. The summed E-state index contributed by atoms with van der Waals surface area (Å²) in [7, 11) is 0. The zero-order chi connectivity index (χ0) is 25.1. The number of carbonyl (C=O) groups excluding carboxylic acids is 2. The normalized spacial score (nSPS) is 10.9. The highest BCUT2D eigenvalue weighted by molar-refractivity contribution is 8.01. The molecule has 1 aromatic heterocycles. The maximum atomic E-state index is 12.9. The number of amides is 2. The number of carbonyl (C=O) groups is 2. The third-order valence-corrected chi connectivity index (χ3v) is 7.52. The second-order valence-corrected chi connectivity index (χ2v) is 10.0. The molecule has 36 heavy (non-hydrogen) atoms. The lowest BCUT2D eigenvalue weighted by Gasteiger charge is -2.08. The number of thioether (sulfide) groups is 1. The SMILES string of the molecule is O=C(CSc1nc2ccc(NC(=O)c3cccc4ccccc34)cc2s1)Nc1ccccc1[N+](=O)[O-]. The van der Waals surface area contributed by atoms with Crippen LogP contribution in [0.2, 0.25) is 0 Å². The van der Waals surface area contributed by atoms with Crippen molar-refractivity contribution in [2.24, 2.45) is 0 Å². The van der Waals surface area contributed by atoms with Crippen molar-refractivity contribution < 1.29 is 14.5 Å². The van der Waals surface area contributed by atoms with E-state index in [4.69, 9.17) is 0 Å². The predicted molar refractivity (Wildman–Crippen MR) is 144 cm³/mol. The summed E-state index contributed by atoms with van der Waals surface area (Å²) in [6.45, 7) is 0. The number of nitrogens with zero attached hydrogens (tertiary/aromatic N) is 2. The molecule has 0 aliphatic carbocycles. The van der Waals surface area contributed by atoms with Crippen LogP contribution in [0.5, 0.6) is 0 Å². The van der Waals surface area contributed by atoms with Crippen LogP contribution in [0.3, 0.4) is 0 Å². The fourth-order valence-electron chi connectivity index (χ4n) is 3.72. The second-order valence-electron chi connectivity index (χ2n) is 7.75. The fraction of sp³-hybridized carbons (Fsp3) is 0.0385. The first-order valence-electron chi connectivity index (χ1n) is 10.8. The molecule has 0 unspecified atom stereocenters. The van der Waals surface area contributed by atoms with E-state index < -0.39 is 4.92 Å². The van der Waals surface area contributed by atoms with E-state index in [0.29, 0.717) is 15.6 Å². The van der Waals surface area contributed by atoms with E-state index in [-0.39, 0.29) is 28.9 Å². The molecular formula is C26H18N4O4S2. The number of rotatable bonds is 7. The molecule has 0 saturated heterocycles. The van der Waals surface area contributed by atoms with Crippen LogP contribution in [0, 0.1) is 10.1 Å². The van der Waals surface area contributed by atoms with E-state index in [2.05, 4.69) is 15.6 Å². The molecule has 0 aliphatic rings. The maximum Gasteiger partial charge on any atom is 0.292 e. The minimum Gasteiger partial charge on any atom is -0.322 e. The van der Waals surface area contributed by atoms with Gasteiger partial charge in [0.05, 0.1) is 20.9 Å². The molecule has 1 heterocycles. The van der Waals surface area contributed by atoms with E-state index >= 15 is 0 Å². The van der Waals surface area contributed by atoms with Crippen LogP contribution < -0.4 is 10.6 Å². The minimum atomic E-state index is -0.535. The van der Waals surface area contributed by atoms with Crippen molar-refractivity contribution >= 4 is 73.0 Å². The molecule has 4 aromatic carbocycles. The number of hydrogen-bond acceptors (Lipinski definition) is 7. The highest BCUT2D eigenvalue weighted by atomic mass is 32.2. The Morgan fingerprint density at radius 2 is 1.72 bits per heavy atom. The van der Waals surface area contributed by atoms with Gasteiger partial charge in [0.1, 0.15) is 5.69 Å². The number of nitro benzene ring substituents is 1. The van der Waals surface area contributed by atoms with Gasteiger partial charge in [-0.05, 0) is 41.1 Å². The first kappa shape index (κ1) is 23.5. The van der Waals surface area contributed by atoms with E-state index in [9.17, 15) is 19.7 Å². The largest absolute Gasteiger partial charge is 0.322 e. The Kier molecular flexibility index (Phi) is 6.61. The molecule has 2 N–H and O–H groups in total. The van der Waals surface area contributed by atoms with Crippen molar-refractivity contribution in [2.45, 2.75) is 4.34 Å². The van der Waals surface area contributed by atoms with Crippen molar-refractivity contribution in [3.05, 3.63) is 101 Å². The molecule has 0 bridgehead atoms. The highest BCUT2D eigenvalue weighted by Crippen LogP contribution is 2.32. The lowest BCUT2D eigenvalue weighted by molar-refractivity contribution is -0.383. The van der Waals surface area contributed by atoms with Crippen molar-refractivity contribution in [1.82, 2.24) is 4.98 Å². The Balaban J connectivity index is 1.26. The average Bonchev–Trinajstić information content (AvgIpc) is 3.29. The second kappa shape index (κ2) is 10.1. The molecule has 5 rings (SSSR count). The Morgan fingerprint density at radius 1 is 0.944 bits per heavy atom. The first-order chi connectivity index (χ1) is 17.5. The zero-order valence-electron chi connectivity index (χ0n) is 18.6. The van der Waals surface area contributed by atoms with Crippen LogP contribution in [-0.4, -0.2) is 27.5 Å². The van der Waals surface area contributed by atoms with Crippen LogP contribution in [0.4, 0.5) is 17.1 Å². The van der Waals surface area contributed by atoms with Crippen molar-refractivity contribution in [3.63, 3.8) is 0 Å². The highest BCUT2D eigenvalue weighted by Gasteiger charge is 2.16. The molecule has 0 saturated carbocycles. The summed E-state index contributed by atoms with van der Waals surface area (Å²) in [4.78, 5) is 40.4. The lowest BCUT2D eigenvalue weighted by atomic mass is 10.0. The van der Waals surface area contributed by atoms with Gasteiger partial charge in [0.15, 0.2) is 4.34 Å².